The maximum Gasteiger partial charge on any atom is 0.510 e. The van der Waals surface area contributed by atoms with Gasteiger partial charge >= 0.3 is 12.8 Å². The van der Waals surface area contributed by atoms with E-state index in [1.807, 2.05) is 0 Å². The van der Waals surface area contributed by atoms with Crippen molar-refractivity contribution in [3.05, 3.63) is 0 Å². The van der Waals surface area contributed by atoms with Crippen molar-refractivity contribution in [2.45, 2.75) is 6.61 Å². The molecule has 0 aromatic heterocycles. The van der Waals surface area contributed by atoms with Gasteiger partial charge in [0.1, 0.15) is 0 Å². The van der Waals surface area contributed by atoms with Crippen LogP contribution in [0.5, 0.6) is 0 Å². The van der Waals surface area contributed by atoms with Crippen molar-refractivity contribution in [3.8, 4) is 0 Å². The molecule has 3 nitrogen and oxygen atoms in total. The summed E-state index contributed by atoms with van der Waals surface area (Å²) in [5, 5.41) is 7.38. The van der Waals surface area contributed by atoms with Crippen LogP contribution in [0.1, 0.15) is 0 Å². The van der Waals surface area contributed by atoms with Crippen LogP contribution >= 0.6 is 0 Å². The van der Waals surface area contributed by atoms with Gasteiger partial charge in [-0.15, -0.1) is 0 Å². The zero-order valence-electron chi connectivity index (χ0n) is 3.10. The predicted molar refractivity (Wildman–Crippen MR) is 15.1 cm³/mol. The molecule has 1 N–H and O–H groups in total. The van der Waals surface area contributed by atoms with Crippen LogP contribution in [0.3, 0.4) is 0 Å². The minimum Gasteiger partial charge on any atom is -0.450 e. The SMILES string of the molecule is O=C(O)OC(F)F. The van der Waals surface area contributed by atoms with E-state index < -0.39 is 12.8 Å². The van der Waals surface area contributed by atoms with E-state index in [0.29, 0.717) is 0 Å². The van der Waals surface area contributed by atoms with Crippen LogP contribution in [-0.2, 0) is 4.74 Å². The zero-order valence-corrected chi connectivity index (χ0v) is 3.10. The van der Waals surface area contributed by atoms with Crippen LogP contribution in [0, 0.1) is 0 Å². The maximum atomic E-state index is 10.7. The smallest absolute Gasteiger partial charge is 0.450 e. The molecular formula is C2H2F2O3. The molecule has 0 saturated carbocycles. The van der Waals surface area contributed by atoms with Crippen molar-refractivity contribution in [1.29, 1.82) is 0 Å². The molecule has 0 aromatic rings. The van der Waals surface area contributed by atoms with E-state index in [-0.39, 0.29) is 0 Å². The van der Waals surface area contributed by atoms with Crippen molar-refractivity contribution in [3.63, 3.8) is 0 Å². The number of rotatable bonds is 1. The predicted octanol–water partition coefficient (Wildman–Crippen LogP) is 0.904. The number of halogens is 2. The number of hydrogen-bond acceptors (Lipinski definition) is 2. The highest BCUT2D eigenvalue weighted by atomic mass is 19.3. The van der Waals surface area contributed by atoms with Gasteiger partial charge in [-0.2, -0.15) is 8.78 Å². The fraction of sp³-hybridized carbons (Fsp3) is 0.500. The second-order valence-corrected chi connectivity index (χ2v) is 0.644. The van der Waals surface area contributed by atoms with Crippen molar-refractivity contribution >= 4 is 6.16 Å². The molecule has 5 heteroatoms. The third-order valence-electron chi connectivity index (χ3n) is 0.190. The molecule has 0 unspecified atom stereocenters. The summed E-state index contributed by atoms with van der Waals surface area (Å²) in [7, 11) is 0. The Morgan fingerprint density at radius 1 is 1.71 bits per heavy atom. The van der Waals surface area contributed by atoms with Crippen LogP contribution in [0.4, 0.5) is 13.6 Å². The molecule has 0 fully saturated rings. The van der Waals surface area contributed by atoms with Crippen LogP contribution in [0.15, 0.2) is 0 Å². The van der Waals surface area contributed by atoms with Gasteiger partial charge in [-0.3, -0.25) is 0 Å². The number of carboxylic acid groups (broad SMARTS) is 1. The summed E-state index contributed by atoms with van der Waals surface area (Å²) in [5.41, 5.74) is 0. The minimum absolute atomic E-state index is 1.96. The van der Waals surface area contributed by atoms with Gasteiger partial charge in [0.05, 0.1) is 0 Å². The molecule has 0 heterocycles. The Morgan fingerprint density at radius 3 is 2.14 bits per heavy atom. The van der Waals surface area contributed by atoms with E-state index in [1.165, 1.54) is 0 Å². The molecule has 0 aromatic carbocycles. The van der Waals surface area contributed by atoms with Crippen molar-refractivity contribution < 1.29 is 23.4 Å². The summed E-state index contributed by atoms with van der Waals surface area (Å²) in [6.45, 7) is -3.22. The average Bonchev–Trinajstić information content (AvgIpc) is 1.27. The summed E-state index contributed by atoms with van der Waals surface area (Å²) in [6.07, 6.45) is -1.96. The van der Waals surface area contributed by atoms with Gasteiger partial charge in [-0.25, -0.2) is 4.79 Å². The summed E-state index contributed by atoms with van der Waals surface area (Å²) in [5.74, 6) is 0. The van der Waals surface area contributed by atoms with Gasteiger partial charge in [0.25, 0.3) is 0 Å². The minimum atomic E-state index is -3.22. The van der Waals surface area contributed by atoms with Gasteiger partial charge in [0, 0.05) is 0 Å². The van der Waals surface area contributed by atoms with Crippen LogP contribution in [0.25, 0.3) is 0 Å². The largest absolute Gasteiger partial charge is 0.510 e. The highest BCUT2D eigenvalue weighted by Crippen LogP contribution is 1.92. The molecule has 42 valence electrons. The molecule has 0 bridgehead atoms. The molecule has 7 heavy (non-hydrogen) atoms. The van der Waals surface area contributed by atoms with Gasteiger partial charge < -0.3 is 9.84 Å². The van der Waals surface area contributed by atoms with Crippen LogP contribution in [-0.4, -0.2) is 17.9 Å². The summed E-state index contributed by atoms with van der Waals surface area (Å²) < 4.78 is 24.2. The molecule has 0 aliphatic heterocycles. The van der Waals surface area contributed by atoms with E-state index in [9.17, 15) is 8.78 Å². The molecule has 0 atom stereocenters. The maximum absolute atomic E-state index is 10.7. The first-order valence-electron chi connectivity index (χ1n) is 1.30. The summed E-state index contributed by atoms with van der Waals surface area (Å²) in [4.78, 5) is 9.11. The summed E-state index contributed by atoms with van der Waals surface area (Å²) in [6, 6.07) is 0. The molecule has 0 saturated heterocycles. The quantitative estimate of drug-likeness (QED) is 0.512. The van der Waals surface area contributed by atoms with Gasteiger partial charge in [-0.05, 0) is 0 Å². The molecule has 0 amide bonds. The normalized spacial score (nSPS) is 9.00. The van der Waals surface area contributed by atoms with E-state index >= 15 is 0 Å². The monoisotopic (exact) mass is 112 g/mol. The number of carbonyl (C=O) groups is 1. The average molecular weight is 112 g/mol. The number of alkyl halides is 2. The van der Waals surface area contributed by atoms with Gasteiger partial charge in [-0.1, -0.05) is 0 Å². The lowest BCUT2D eigenvalue weighted by Crippen LogP contribution is -2.04. The Labute approximate surface area is 37.5 Å². The standard InChI is InChI=1S/C2H2F2O3/c3-1(4)7-2(5)6/h1H,(H,5,6). The van der Waals surface area contributed by atoms with Crippen LogP contribution in [0.2, 0.25) is 0 Å². The highest BCUT2D eigenvalue weighted by Gasteiger charge is 2.05. The second-order valence-electron chi connectivity index (χ2n) is 0.644. The fourth-order valence-electron chi connectivity index (χ4n) is 0.0762. The first kappa shape index (κ1) is 6.13. The van der Waals surface area contributed by atoms with E-state index in [0.717, 1.165) is 0 Å². The Bertz CT molecular complexity index is 71.3. The number of ether oxygens (including phenoxy) is 1. The van der Waals surface area contributed by atoms with E-state index in [4.69, 9.17) is 9.90 Å². The molecule has 0 radical (unpaired) electrons. The first-order chi connectivity index (χ1) is 3.13. The third-order valence-corrected chi connectivity index (χ3v) is 0.190. The third kappa shape index (κ3) is 5.13. The van der Waals surface area contributed by atoms with E-state index in [1.54, 1.807) is 0 Å². The Balaban J connectivity index is 3.13. The zero-order chi connectivity index (χ0) is 5.86. The fourth-order valence-corrected chi connectivity index (χ4v) is 0.0762. The van der Waals surface area contributed by atoms with Gasteiger partial charge in [0.15, 0.2) is 0 Å². The molecule has 0 spiro atoms. The lowest BCUT2D eigenvalue weighted by Gasteiger charge is -1.92. The molecule has 0 aliphatic rings. The lowest BCUT2D eigenvalue weighted by atomic mass is 11.3. The second kappa shape index (κ2) is 2.33. The Kier molecular flexibility index (Phi) is 2.04. The summed E-state index contributed by atoms with van der Waals surface area (Å²) >= 11 is 0. The van der Waals surface area contributed by atoms with Gasteiger partial charge in [0.2, 0.25) is 0 Å². The van der Waals surface area contributed by atoms with Crippen LogP contribution < -0.4 is 0 Å². The highest BCUT2D eigenvalue weighted by molar-refractivity contribution is 5.56. The lowest BCUT2D eigenvalue weighted by molar-refractivity contribution is -0.0976. The molecule has 0 aliphatic carbocycles. The topological polar surface area (TPSA) is 46.5 Å². The number of hydrogen-bond donors (Lipinski definition) is 1. The van der Waals surface area contributed by atoms with Crippen molar-refractivity contribution in [2.24, 2.45) is 0 Å². The Hall–Kier alpha value is -0.870. The van der Waals surface area contributed by atoms with Crippen molar-refractivity contribution in [1.82, 2.24) is 0 Å². The first-order valence-corrected chi connectivity index (χ1v) is 1.30. The van der Waals surface area contributed by atoms with E-state index in [2.05, 4.69) is 4.74 Å². The van der Waals surface area contributed by atoms with Crippen molar-refractivity contribution in [2.75, 3.05) is 0 Å². The molecule has 0 rings (SSSR count). The molecular weight excluding hydrogens is 110 g/mol. The Morgan fingerprint density at radius 2 is 2.14 bits per heavy atom.